The molecule has 22 heavy (non-hydrogen) atoms. The van der Waals surface area contributed by atoms with Crippen LogP contribution in [0.25, 0.3) is 43.5 Å². The van der Waals surface area contributed by atoms with E-state index in [1.807, 2.05) is 18.5 Å². The summed E-state index contributed by atoms with van der Waals surface area (Å²) in [5.41, 5.74) is 3.25. The Morgan fingerprint density at radius 2 is 1.68 bits per heavy atom. The van der Waals surface area contributed by atoms with E-state index in [2.05, 4.69) is 59.2 Å². The van der Waals surface area contributed by atoms with Gasteiger partial charge in [0.1, 0.15) is 0 Å². The molecular weight excluding hydrogens is 270 g/mol. The second kappa shape index (κ2) is 4.04. The quantitative estimate of drug-likeness (QED) is 0.394. The predicted octanol–water partition coefficient (Wildman–Crippen LogP) is 4.43. The van der Waals surface area contributed by atoms with Gasteiger partial charge in [-0.05, 0) is 23.6 Å². The van der Waals surface area contributed by atoms with Crippen LogP contribution < -0.4 is 0 Å². The molecule has 0 unspecified atom stereocenters. The van der Waals surface area contributed by atoms with Crippen molar-refractivity contribution in [2.24, 2.45) is 7.05 Å². The zero-order valence-corrected chi connectivity index (χ0v) is 12.1. The molecule has 2 aromatic carbocycles. The van der Waals surface area contributed by atoms with E-state index in [1.165, 1.54) is 27.1 Å². The monoisotopic (exact) mass is 283 g/mol. The fourth-order valence-corrected chi connectivity index (χ4v) is 3.45. The molecule has 0 atom stereocenters. The van der Waals surface area contributed by atoms with Gasteiger partial charge in [-0.3, -0.25) is 9.97 Å². The molecule has 5 rings (SSSR count). The van der Waals surface area contributed by atoms with Crippen molar-refractivity contribution in [2.75, 3.05) is 0 Å². The van der Waals surface area contributed by atoms with Crippen LogP contribution >= 0.6 is 0 Å². The molecule has 104 valence electrons. The Morgan fingerprint density at radius 3 is 2.64 bits per heavy atom. The molecule has 0 amide bonds. The van der Waals surface area contributed by atoms with E-state index in [9.17, 15) is 0 Å². The van der Waals surface area contributed by atoms with Gasteiger partial charge >= 0.3 is 0 Å². The van der Waals surface area contributed by atoms with E-state index in [0.29, 0.717) is 0 Å². The Kier molecular flexibility index (Phi) is 2.15. The van der Waals surface area contributed by atoms with Gasteiger partial charge < -0.3 is 4.57 Å². The third-order valence-corrected chi connectivity index (χ3v) is 4.43. The van der Waals surface area contributed by atoms with Crippen molar-refractivity contribution in [1.82, 2.24) is 14.5 Å². The Morgan fingerprint density at radius 1 is 0.818 bits per heavy atom. The number of hydrogen-bond acceptors (Lipinski definition) is 2. The van der Waals surface area contributed by atoms with Gasteiger partial charge in [-0.25, -0.2) is 0 Å². The summed E-state index contributed by atoms with van der Waals surface area (Å²) in [4.78, 5) is 9.35. The second-order valence-corrected chi connectivity index (χ2v) is 5.66. The van der Waals surface area contributed by atoms with Crippen molar-refractivity contribution < 1.29 is 0 Å². The van der Waals surface area contributed by atoms with Crippen molar-refractivity contribution in [1.29, 1.82) is 0 Å². The number of aromatic nitrogens is 3. The largest absolute Gasteiger partial charge is 0.350 e. The highest BCUT2D eigenvalue weighted by molar-refractivity contribution is 6.28. The van der Waals surface area contributed by atoms with E-state index >= 15 is 0 Å². The lowest BCUT2D eigenvalue weighted by Crippen LogP contribution is -1.92. The molecule has 5 aromatic rings. The normalized spacial score (nSPS) is 11.9. The average molecular weight is 283 g/mol. The van der Waals surface area contributed by atoms with Gasteiger partial charge in [0.25, 0.3) is 0 Å². The first-order chi connectivity index (χ1) is 10.8. The van der Waals surface area contributed by atoms with E-state index in [-0.39, 0.29) is 0 Å². The summed E-state index contributed by atoms with van der Waals surface area (Å²) in [6.45, 7) is 0. The molecule has 3 aromatic heterocycles. The van der Waals surface area contributed by atoms with Gasteiger partial charge in [-0.15, -0.1) is 0 Å². The summed E-state index contributed by atoms with van der Waals surface area (Å²) in [6, 6.07) is 14.7. The Bertz CT molecular complexity index is 1190. The third kappa shape index (κ3) is 1.35. The van der Waals surface area contributed by atoms with E-state index < -0.39 is 0 Å². The molecule has 0 radical (unpaired) electrons. The van der Waals surface area contributed by atoms with Crippen LogP contribution in [0.15, 0.2) is 61.1 Å². The summed E-state index contributed by atoms with van der Waals surface area (Å²) in [6.07, 6.45) is 5.90. The van der Waals surface area contributed by atoms with E-state index in [1.54, 1.807) is 0 Å². The maximum absolute atomic E-state index is 4.76. The molecule has 0 aliphatic rings. The second-order valence-electron chi connectivity index (χ2n) is 5.66. The van der Waals surface area contributed by atoms with Gasteiger partial charge in [0, 0.05) is 47.2 Å². The fraction of sp³-hybridized carbons (Fsp3) is 0.0526. The number of nitrogens with zero attached hydrogens (tertiary/aromatic N) is 3. The summed E-state index contributed by atoms with van der Waals surface area (Å²) in [7, 11) is 2.08. The van der Waals surface area contributed by atoms with Crippen molar-refractivity contribution in [2.45, 2.75) is 0 Å². The number of benzene rings is 2. The Hall–Kier alpha value is -2.94. The molecule has 0 N–H and O–H groups in total. The molecule has 3 heterocycles. The van der Waals surface area contributed by atoms with Crippen LogP contribution in [0.2, 0.25) is 0 Å². The van der Waals surface area contributed by atoms with Crippen molar-refractivity contribution in [3.05, 3.63) is 61.1 Å². The van der Waals surface area contributed by atoms with Crippen LogP contribution in [0.4, 0.5) is 0 Å². The Labute approximate surface area is 126 Å². The third-order valence-electron chi connectivity index (χ3n) is 4.43. The van der Waals surface area contributed by atoms with Gasteiger partial charge in [0.15, 0.2) is 0 Å². The first kappa shape index (κ1) is 11.7. The highest BCUT2D eigenvalue weighted by Gasteiger charge is 2.14. The van der Waals surface area contributed by atoms with Crippen LogP contribution in [0.3, 0.4) is 0 Å². The highest BCUT2D eigenvalue weighted by Crippen LogP contribution is 2.36. The minimum atomic E-state index is 1.02. The number of fused-ring (bicyclic) bond motifs is 8. The van der Waals surface area contributed by atoms with Crippen LogP contribution in [0.5, 0.6) is 0 Å². The molecule has 0 saturated heterocycles. The standard InChI is InChI=1S/C19H13N3/c1-22-10-8-15-17-14(7-4-9-20-17)18-16(19(15)22)13-6-3-2-5-12(13)11-21-18/h2-11H,1H3. The van der Waals surface area contributed by atoms with Gasteiger partial charge in [-0.1, -0.05) is 24.3 Å². The number of rotatable bonds is 0. The van der Waals surface area contributed by atoms with Crippen molar-refractivity contribution in [3.8, 4) is 0 Å². The maximum atomic E-state index is 4.76. The van der Waals surface area contributed by atoms with Crippen molar-refractivity contribution >= 4 is 43.5 Å². The molecule has 0 bridgehead atoms. The lowest BCUT2D eigenvalue weighted by atomic mass is 10.0. The summed E-state index contributed by atoms with van der Waals surface area (Å²) >= 11 is 0. The average Bonchev–Trinajstić information content (AvgIpc) is 2.96. The maximum Gasteiger partial charge on any atom is 0.0823 e. The SMILES string of the molecule is Cn1ccc2c3ncccc3c3ncc4ccccc4c3c21. The molecular formula is C19H13N3. The zero-order valence-electron chi connectivity index (χ0n) is 12.1. The predicted molar refractivity (Wildman–Crippen MR) is 91.0 cm³/mol. The lowest BCUT2D eigenvalue weighted by Gasteiger charge is -2.10. The van der Waals surface area contributed by atoms with Crippen molar-refractivity contribution in [3.63, 3.8) is 0 Å². The Balaban J connectivity index is 2.25. The molecule has 0 aliphatic heterocycles. The summed E-state index contributed by atoms with van der Waals surface area (Å²) < 4.78 is 2.17. The molecule has 0 saturated carbocycles. The van der Waals surface area contributed by atoms with Crippen LogP contribution in [0.1, 0.15) is 0 Å². The van der Waals surface area contributed by atoms with E-state index in [0.717, 1.165) is 16.4 Å². The minimum Gasteiger partial charge on any atom is -0.350 e. The molecule has 0 fully saturated rings. The highest BCUT2D eigenvalue weighted by atomic mass is 14.9. The zero-order chi connectivity index (χ0) is 14.7. The molecule has 0 spiro atoms. The number of hydrogen-bond donors (Lipinski definition) is 0. The number of aryl methyl sites for hydroxylation is 1. The first-order valence-corrected chi connectivity index (χ1v) is 7.34. The van der Waals surface area contributed by atoms with Gasteiger partial charge in [-0.2, -0.15) is 0 Å². The fourth-order valence-electron chi connectivity index (χ4n) is 3.45. The molecule has 0 aliphatic carbocycles. The molecule has 3 heteroatoms. The summed E-state index contributed by atoms with van der Waals surface area (Å²) in [5.74, 6) is 0. The van der Waals surface area contributed by atoms with E-state index in [4.69, 9.17) is 4.98 Å². The number of pyridine rings is 2. The van der Waals surface area contributed by atoms with Gasteiger partial charge in [0.05, 0.1) is 16.6 Å². The minimum absolute atomic E-state index is 1.02. The first-order valence-electron chi connectivity index (χ1n) is 7.34. The van der Waals surface area contributed by atoms with Crippen LogP contribution in [-0.4, -0.2) is 14.5 Å². The summed E-state index contributed by atoms with van der Waals surface area (Å²) in [5, 5.41) is 5.91. The van der Waals surface area contributed by atoms with Gasteiger partial charge in [0.2, 0.25) is 0 Å². The lowest BCUT2D eigenvalue weighted by molar-refractivity contribution is 0.973. The smallest absolute Gasteiger partial charge is 0.0823 e. The molecule has 3 nitrogen and oxygen atoms in total. The topological polar surface area (TPSA) is 30.7 Å². The van der Waals surface area contributed by atoms with Crippen LogP contribution in [0, 0.1) is 0 Å². The van der Waals surface area contributed by atoms with Crippen LogP contribution in [-0.2, 0) is 7.05 Å².